The minimum absolute atomic E-state index is 0.0433. The van der Waals surface area contributed by atoms with Crippen molar-refractivity contribution < 1.29 is 27.6 Å². The molecule has 0 atom stereocenters. The number of benzene rings is 2. The Morgan fingerprint density at radius 3 is 2.42 bits per heavy atom. The van der Waals surface area contributed by atoms with Crippen LogP contribution in [0.3, 0.4) is 0 Å². The quantitative estimate of drug-likeness (QED) is 0.560. The van der Waals surface area contributed by atoms with E-state index in [1.165, 1.54) is 30.3 Å². The first-order valence-corrected chi connectivity index (χ1v) is 10.6. The Bertz CT molecular complexity index is 1200. The van der Waals surface area contributed by atoms with Gasteiger partial charge in [0, 0.05) is 10.6 Å². The Labute approximate surface area is 185 Å². The second-order valence-electron chi connectivity index (χ2n) is 7.68. The maximum Gasteiger partial charge on any atom is 0.450 e. The summed E-state index contributed by atoms with van der Waals surface area (Å²) in [6, 6.07) is 6.48. The molecule has 1 aliphatic rings. The van der Waals surface area contributed by atoms with Gasteiger partial charge in [-0.2, -0.15) is 13.2 Å². The summed E-state index contributed by atoms with van der Waals surface area (Å²) in [4.78, 5) is 14.4. The van der Waals surface area contributed by atoms with Crippen LogP contribution in [0, 0.1) is 0 Å². The summed E-state index contributed by atoms with van der Waals surface area (Å²) in [5, 5.41) is 10.5. The van der Waals surface area contributed by atoms with Gasteiger partial charge >= 0.3 is 6.18 Å². The number of alkyl halides is 3. The summed E-state index contributed by atoms with van der Waals surface area (Å²) in [7, 11) is 0. The molecular formula is C22H19Cl2F3NO3+. The average molecular weight is 473 g/mol. The number of hydrogen-bond acceptors (Lipinski definition) is 3. The van der Waals surface area contributed by atoms with Gasteiger partial charge < -0.3 is 14.4 Å². The molecule has 0 spiro atoms. The number of nitrogens with one attached hydrogen (secondary N) is 1. The minimum atomic E-state index is -4.95. The molecule has 4 nitrogen and oxygen atoms in total. The van der Waals surface area contributed by atoms with Crippen LogP contribution in [0.1, 0.15) is 30.6 Å². The minimum Gasteiger partial charge on any atom is -0.507 e. The summed E-state index contributed by atoms with van der Waals surface area (Å²) >= 11 is 12.0. The van der Waals surface area contributed by atoms with Crippen molar-refractivity contribution in [2.24, 2.45) is 0 Å². The molecule has 1 aromatic heterocycles. The lowest BCUT2D eigenvalue weighted by molar-refractivity contribution is -0.918. The second kappa shape index (κ2) is 8.37. The molecule has 3 aromatic rings. The van der Waals surface area contributed by atoms with E-state index in [4.69, 9.17) is 27.6 Å². The van der Waals surface area contributed by atoms with Crippen molar-refractivity contribution in [1.82, 2.24) is 0 Å². The summed E-state index contributed by atoms with van der Waals surface area (Å²) in [5.41, 5.74) is -1.71. The zero-order chi connectivity index (χ0) is 22.3. The number of fused-ring (bicyclic) bond motifs is 1. The predicted molar refractivity (Wildman–Crippen MR) is 113 cm³/mol. The molecule has 164 valence electrons. The predicted octanol–water partition coefficient (Wildman–Crippen LogP) is 5.06. The van der Waals surface area contributed by atoms with Gasteiger partial charge in [-0.05, 0) is 43.5 Å². The number of piperidine rings is 1. The van der Waals surface area contributed by atoms with Gasteiger partial charge in [-0.25, -0.2) is 0 Å². The SMILES string of the molecule is O=c1c(-c2ccc(Cl)cc2Cl)c(C(F)(F)F)oc2c(C[NH+]3CCCCC3)c(O)ccc12. The van der Waals surface area contributed by atoms with Crippen molar-refractivity contribution in [1.29, 1.82) is 0 Å². The zero-order valence-electron chi connectivity index (χ0n) is 16.3. The number of hydrogen-bond donors (Lipinski definition) is 2. The van der Waals surface area contributed by atoms with E-state index in [9.17, 15) is 23.1 Å². The molecule has 0 aliphatic carbocycles. The highest BCUT2D eigenvalue weighted by atomic mass is 35.5. The molecule has 0 unspecified atom stereocenters. The van der Waals surface area contributed by atoms with Crippen LogP contribution in [0.25, 0.3) is 22.1 Å². The van der Waals surface area contributed by atoms with E-state index < -0.39 is 22.9 Å². The van der Waals surface area contributed by atoms with Crippen molar-refractivity contribution in [2.75, 3.05) is 13.1 Å². The molecule has 0 bridgehead atoms. The molecule has 9 heteroatoms. The number of likely N-dealkylation sites (tertiary alicyclic amines) is 1. The number of halogens is 5. The van der Waals surface area contributed by atoms with Gasteiger partial charge in [0.15, 0.2) is 5.58 Å². The third-order valence-corrected chi connectivity index (χ3v) is 6.13. The number of rotatable bonds is 3. The van der Waals surface area contributed by atoms with E-state index in [0.717, 1.165) is 37.3 Å². The van der Waals surface area contributed by atoms with Gasteiger partial charge in [-0.15, -0.1) is 0 Å². The third kappa shape index (κ3) is 4.27. The first-order valence-electron chi connectivity index (χ1n) is 9.84. The molecule has 1 saturated heterocycles. The van der Waals surface area contributed by atoms with Crippen LogP contribution in [0.4, 0.5) is 13.2 Å². The van der Waals surface area contributed by atoms with E-state index in [1.54, 1.807) is 0 Å². The summed E-state index contributed by atoms with van der Waals surface area (Å²) < 4.78 is 47.3. The van der Waals surface area contributed by atoms with Crippen LogP contribution >= 0.6 is 23.2 Å². The molecule has 2 N–H and O–H groups in total. The van der Waals surface area contributed by atoms with Gasteiger partial charge in [-0.3, -0.25) is 4.79 Å². The van der Waals surface area contributed by atoms with Crippen LogP contribution in [0.5, 0.6) is 5.75 Å². The normalized spacial score (nSPS) is 15.5. The summed E-state index contributed by atoms with van der Waals surface area (Å²) in [6.45, 7) is 1.94. The maximum atomic E-state index is 14.0. The highest BCUT2D eigenvalue weighted by molar-refractivity contribution is 6.36. The molecular weight excluding hydrogens is 454 g/mol. The Kier molecular flexibility index (Phi) is 5.94. The van der Waals surface area contributed by atoms with Crippen molar-refractivity contribution in [3.05, 3.63) is 61.9 Å². The molecule has 0 amide bonds. The number of aromatic hydroxyl groups is 1. The first-order chi connectivity index (χ1) is 14.7. The zero-order valence-corrected chi connectivity index (χ0v) is 17.8. The topological polar surface area (TPSA) is 54.9 Å². The fourth-order valence-electron chi connectivity index (χ4n) is 4.09. The van der Waals surface area contributed by atoms with E-state index >= 15 is 0 Å². The largest absolute Gasteiger partial charge is 0.507 e. The summed E-state index contributed by atoms with van der Waals surface area (Å²) in [5.74, 6) is -1.64. The van der Waals surface area contributed by atoms with E-state index in [0.29, 0.717) is 0 Å². The fraction of sp³-hybridized carbons (Fsp3) is 0.318. The standard InChI is InChI=1S/C22H18Cl2F3NO3/c23-12-4-5-13(16(24)10-12)18-19(30)14-6-7-17(29)15(11-28-8-2-1-3-9-28)20(14)31-21(18)22(25,26)27/h4-7,10,29H,1-3,8-9,11H2/p+1. The molecule has 2 heterocycles. The van der Waals surface area contributed by atoms with E-state index in [2.05, 4.69) is 0 Å². The monoisotopic (exact) mass is 472 g/mol. The first kappa shape index (κ1) is 22.0. The molecule has 4 rings (SSSR count). The van der Waals surface area contributed by atoms with Crippen LogP contribution in [-0.2, 0) is 12.7 Å². The molecule has 0 radical (unpaired) electrons. The van der Waals surface area contributed by atoms with Crippen LogP contribution < -0.4 is 10.3 Å². The fourth-order valence-corrected chi connectivity index (χ4v) is 4.59. The smallest absolute Gasteiger partial charge is 0.450 e. The van der Waals surface area contributed by atoms with Crippen LogP contribution in [0.2, 0.25) is 10.0 Å². The van der Waals surface area contributed by atoms with Gasteiger partial charge in [0.05, 0.1) is 34.6 Å². The van der Waals surface area contributed by atoms with Gasteiger partial charge in [0.2, 0.25) is 11.2 Å². The molecule has 1 aliphatic heterocycles. The highest BCUT2D eigenvalue weighted by Gasteiger charge is 2.40. The van der Waals surface area contributed by atoms with Crippen molar-refractivity contribution in [2.45, 2.75) is 32.0 Å². The molecule has 31 heavy (non-hydrogen) atoms. The van der Waals surface area contributed by atoms with Crippen molar-refractivity contribution >= 4 is 34.2 Å². The maximum absolute atomic E-state index is 14.0. The third-order valence-electron chi connectivity index (χ3n) is 5.58. The Morgan fingerprint density at radius 1 is 1.06 bits per heavy atom. The van der Waals surface area contributed by atoms with E-state index in [-0.39, 0.29) is 44.4 Å². The second-order valence-corrected chi connectivity index (χ2v) is 8.53. The molecule has 0 saturated carbocycles. The average Bonchev–Trinajstić information content (AvgIpc) is 2.71. The van der Waals surface area contributed by atoms with Crippen molar-refractivity contribution in [3.63, 3.8) is 0 Å². The Morgan fingerprint density at radius 2 is 1.77 bits per heavy atom. The lowest BCUT2D eigenvalue weighted by Crippen LogP contribution is -3.11. The lowest BCUT2D eigenvalue weighted by Gasteiger charge is -2.24. The van der Waals surface area contributed by atoms with Crippen molar-refractivity contribution in [3.8, 4) is 16.9 Å². The van der Waals surface area contributed by atoms with Gasteiger partial charge in [0.25, 0.3) is 0 Å². The lowest BCUT2D eigenvalue weighted by atomic mass is 9.99. The Hall–Kier alpha value is -2.22. The number of quaternary nitrogens is 1. The van der Waals surface area contributed by atoms with Crippen LogP contribution in [-0.4, -0.2) is 18.2 Å². The number of phenols is 1. The van der Waals surface area contributed by atoms with Gasteiger partial charge in [0.1, 0.15) is 12.3 Å². The highest BCUT2D eigenvalue weighted by Crippen LogP contribution is 2.41. The van der Waals surface area contributed by atoms with Crippen LogP contribution in [0.15, 0.2) is 39.5 Å². The Balaban J connectivity index is 1.99. The molecule has 1 fully saturated rings. The molecule has 2 aromatic carbocycles. The number of phenolic OH excluding ortho intramolecular Hbond substituents is 1. The summed E-state index contributed by atoms with van der Waals surface area (Å²) in [6.07, 6.45) is -1.86. The van der Waals surface area contributed by atoms with Gasteiger partial charge in [-0.1, -0.05) is 29.3 Å². The van der Waals surface area contributed by atoms with E-state index in [1.807, 2.05) is 0 Å².